The van der Waals surface area contributed by atoms with Crippen molar-refractivity contribution in [2.45, 2.75) is 19.4 Å². The Balaban J connectivity index is 1.62. The van der Waals surface area contributed by atoms with Gasteiger partial charge in [0.15, 0.2) is 0 Å². The Hall–Kier alpha value is -0.650. The number of hydrogen-bond acceptors (Lipinski definition) is 4. The summed E-state index contributed by atoms with van der Waals surface area (Å²) in [5.41, 5.74) is 0. The van der Waals surface area contributed by atoms with Crippen molar-refractivity contribution >= 4 is 5.91 Å². The number of amides is 1. The van der Waals surface area contributed by atoms with Gasteiger partial charge in [0.25, 0.3) is 0 Å². The van der Waals surface area contributed by atoms with Crippen LogP contribution in [0, 0.1) is 0 Å². The quantitative estimate of drug-likeness (QED) is 0.702. The molecular weight excluding hydrogens is 206 g/mol. The number of ether oxygens (including phenoxy) is 1. The molecule has 92 valence electrons. The molecule has 0 aromatic carbocycles. The van der Waals surface area contributed by atoms with Crippen LogP contribution in [-0.4, -0.2) is 67.8 Å². The van der Waals surface area contributed by atoms with E-state index in [1.807, 2.05) is 11.8 Å². The van der Waals surface area contributed by atoms with E-state index in [1.165, 1.54) is 0 Å². The summed E-state index contributed by atoms with van der Waals surface area (Å²) in [6, 6.07) is 0.00314. The molecule has 1 atom stereocenters. The lowest BCUT2D eigenvalue weighted by atomic mass is 10.3. The second-order valence-electron chi connectivity index (χ2n) is 4.49. The van der Waals surface area contributed by atoms with Gasteiger partial charge in [-0.3, -0.25) is 15.0 Å². The minimum absolute atomic E-state index is 0.00314. The van der Waals surface area contributed by atoms with Crippen LogP contribution in [0.15, 0.2) is 0 Å². The number of morpholine rings is 1. The normalized spacial score (nSPS) is 27.7. The minimum Gasteiger partial charge on any atom is -0.379 e. The van der Waals surface area contributed by atoms with Crippen LogP contribution in [0.3, 0.4) is 0 Å². The molecule has 0 aromatic heterocycles. The smallest absolute Gasteiger partial charge is 0.240 e. The molecule has 2 rings (SSSR count). The Bertz CT molecular complexity index is 241. The third kappa shape index (κ3) is 2.93. The first-order valence-electron chi connectivity index (χ1n) is 6.09. The highest BCUT2D eigenvalue weighted by Crippen LogP contribution is 2.04. The third-order valence-electron chi connectivity index (χ3n) is 3.28. The van der Waals surface area contributed by atoms with Crippen molar-refractivity contribution < 1.29 is 9.53 Å². The highest BCUT2D eigenvalue weighted by molar-refractivity contribution is 5.83. The summed E-state index contributed by atoms with van der Waals surface area (Å²) in [4.78, 5) is 15.9. The van der Waals surface area contributed by atoms with Crippen molar-refractivity contribution in [1.29, 1.82) is 0 Å². The van der Waals surface area contributed by atoms with E-state index in [1.54, 1.807) is 0 Å². The van der Waals surface area contributed by atoms with Crippen molar-refractivity contribution in [1.82, 2.24) is 15.1 Å². The van der Waals surface area contributed by atoms with Crippen molar-refractivity contribution in [3.8, 4) is 0 Å². The van der Waals surface area contributed by atoms with Gasteiger partial charge in [0.05, 0.1) is 25.9 Å². The van der Waals surface area contributed by atoms with Crippen LogP contribution in [0.4, 0.5) is 0 Å². The minimum atomic E-state index is 0.00314. The van der Waals surface area contributed by atoms with Gasteiger partial charge in [0.2, 0.25) is 5.91 Å². The van der Waals surface area contributed by atoms with Crippen LogP contribution in [0.1, 0.15) is 13.3 Å². The number of nitrogens with zero attached hydrogens (tertiary/aromatic N) is 2. The molecule has 5 nitrogen and oxygen atoms in total. The van der Waals surface area contributed by atoms with E-state index in [2.05, 4.69) is 10.2 Å². The molecule has 5 heteroatoms. The van der Waals surface area contributed by atoms with Crippen LogP contribution in [-0.2, 0) is 9.53 Å². The fourth-order valence-corrected chi connectivity index (χ4v) is 2.19. The molecule has 16 heavy (non-hydrogen) atoms. The molecule has 1 N–H and O–H groups in total. The molecular formula is C11H21N3O2. The Morgan fingerprint density at radius 3 is 2.75 bits per heavy atom. The van der Waals surface area contributed by atoms with Gasteiger partial charge in [-0.15, -0.1) is 0 Å². The summed E-state index contributed by atoms with van der Waals surface area (Å²) in [5.74, 6) is 0.238. The predicted molar refractivity (Wildman–Crippen MR) is 61.1 cm³/mol. The lowest BCUT2D eigenvalue weighted by Crippen LogP contribution is -2.38. The van der Waals surface area contributed by atoms with Gasteiger partial charge in [0.1, 0.15) is 0 Å². The van der Waals surface area contributed by atoms with Crippen LogP contribution < -0.4 is 5.32 Å². The van der Waals surface area contributed by atoms with Crippen LogP contribution >= 0.6 is 0 Å². The van der Waals surface area contributed by atoms with Gasteiger partial charge in [-0.25, -0.2) is 0 Å². The average Bonchev–Trinajstić information content (AvgIpc) is 2.62. The molecule has 2 heterocycles. The van der Waals surface area contributed by atoms with E-state index in [0.29, 0.717) is 6.67 Å². The van der Waals surface area contributed by atoms with E-state index in [0.717, 1.165) is 45.8 Å². The van der Waals surface area contributed by atoms with E-state index in [9.17, 15) is 4.79 Å². The number of rotatable bonds is 4. The molecule has 0 aliphatic carbocycles. The third-order valence-corrected chi connectivity index (χ3v) is 3.28. The molecule has 2 aliphatic rings. The van der Waals surface area contributed by atoms with Gasteiger partial charge in [-0.1, -0.05) is 0 Å². The van der Waals surface area contributed by atoms with E-state index < -0.39 is 0 Å². The molecule has 1 amide bonds. The fraction of sp³-hybridized carbons (Fsp3) is 0.909. The second-order valence-corrected chi connectivity index (χ2v) is 4.49. The zero-order valence-electron chi connectivity index (χ0n) is 9.95. The molecule has 2 aliphatic heterocycles. The fourth-order valence-electron chi connectivity index (χ4n) is 2.19. The maximum absolute atomic E-state index is 11.6. The number of carbonyl (C=O) groups excluding carboxylic acids is 1. The molecule has 0 spiro atoms. The highest BCUT2D eigenvalue weighted by Gasteiger charge is 2.26. The standard InChI is InChI=1S/C11H21N3O2/c1-10-11(15)14(9-12-10)4-2-3-13-5-7-16-8-6-13/h10,12H,2-9H2,1H3. The Kier molecular flexibility index (Phi) is 4.15. The maximum Gasteiger partial charge on any atom is 0.240 e. The zero-order valence-corrected chi connectivity index (χ0v) is 9.95. The SMILES string of the molecule is CC1NCN(CCCN2CCOCC2)C1=O. The summed E-state index contributed by atoms with van der Waals surface area (Å²) in [6.45, 7) is 8.33. The Labute approximate surface area is 96.7 Å². The first kappa shape index (κ1) is 11.8. The number of nitrogens with one attached hydrogen (secondary N) is 1. The lowest BCUT2D eigenvalue weighted by Gasteiger charge is -2.27. The number of hydrogen-bond donors (Lipinski definition) is 1. The zero-order chi connectivity index (χ0) is 11.4. The lowest BCUT2D eigenvalue weighted by molar-refractivity contribution is -0.128. The van der Waals surface area contributed by atoms with Gasteiger partial charge in [0, 0.05) is 26.2 Å². The average molecular weight is 227 g/mol. The molecule has 2 fully saturated rings. The maximum atomic E-state index is 11.6. The first-order valence-corrected chi connectivity index (χ1v) is 6.09. The summed E-state index contributed by atoms with van der Waals surface area (Å²) >= 11 is 0. The van der Waals surface area contributed by atoms with Crippen molar-refractivity contribution in [2.75, 3.05) is 46.1 Å². The van der Waals surface area contributed by atoms with Crippen molar-refractivity contribution in [3.05, 3.63) is 0 Å². The number of carbonyl (C=O) groups is 1. The topological polar surface area (TPSA) is 44.8 Å². The van der Waals surface area contributed by atoms with E-state index in [4.69, 9.17) is 4.74 Å². The van der Waals surface area contributed by atoms with Crippen molar-refractivity contribution in [2.24, 2.45) is 0 Å². The van der Waals surface area contributed by atoms with Crippen LogP contribution in [0.5, 0.6) is 0 Å². The highest BCUT2D eigenvalue weighted by atomic mass is 16.5. The molecule has 1 unspecified atom stereocenters. The summed E-state index contributed by atoms with van der Waals surface area (Å²) in [5, 5.41) is 3.15. The molecule has 0 aromatic rings. The Morgan fingerprint density at radius 1 is 1.38 bits per heavy atom. The first-order chi connectivity index (χ1) is 7.77. The predicted octanol–water partition coefficient (Wildman–Crippen LogP) is -0.513. The monoisotopic (exact) mass is 227 g/mol. The summed E-state index contributed by atoms with van der Waals surface area (Å²) < 4.78 is 5.29. The second kappa shape index (κ2) is 5.61. The molecule has 2 saturated heterocycles. The van der Waals surface area contributed by atoms with E-state index in [-0.39, 0.29) is 11.9 Å². The van der Waals surface area contributed by atoms with Crippen molar-refractivity contribution in [3.63, 3.8) is 0 Å². The van der Waals surface area contributed by atoms with Gasteiger partial charge >= 0.3 is 0 Å². The van der Waals surface area contributed by atoms with Gasteiger partial charge in [-0.05, 0) is 13.3 Å². The molecule has 0 bridgehead atoms. The van der Waals surface area contributed by atoms with Gasteiger partial charge < -0.3 is 9.64 Å². The van der Waals surface area contributed by atoms with E-state index >= 15 is 0 Å². The van der Waals surface area contributed by atoms with Crippen LogP contribution in [0.2, 0.25) is 0 Å². The largest absolute Gasteiger partial charge is 0.379 e. The van der Waals surface area contributed by atoms with Crippen LogP contribution in [0.25, 0.3) is 0 Å². The van der Waals surface area contributed by atoms with Gasteiger partial charge in [-0.2, -0.15) is 0 Å². The molecule has 0 saturated carbocycles. The Morgan fingerprint density at radius 2 is 2.12 bits per heavy atom. The summed E-state index contributed by atoms with van der Waals surface area (Å²) in [7, 11) is 0. The summed E-state index contributed by atoms with van der Waals surface area (Å²) in [6.07, 6.45) is 1.06. The molecule has 0 radical (unpaired) electrons.